The van der Waals surface area contributed by atoms with Crippen molar-refractivity contribution in [2.45, 2.75) is 29.6 Å². The predicted molar refractivity (Wildman–Crippen MR) is 128 cm³/mol. The summed E-state index contributed by atoms with van der Waals surface area (Å²) in [6.45, 7) is 1.22. The second-order valence-corrected chi connectivity index (χ2v) is 8.63. The van der Waals surface area contributed by atoms with E-state index < -0.39 is 0 Å². The molecule has 6 heteroatoms. The van der Waals surface area contributed by atoms with Crippen LogP contribution in [0.25, 0.3) is 0 Å². The Bertz CT molecular complexity index is 1070. The molecule has 3 aromatic rings. The van der Waals surface area contributed by atoms with Crippen molar-refractivity contribution in [3.8, 4) is 0 Å². The molecule has 2 amide bonds. The average Bonchev–Trinajstić information content (AvgIpc) is 3.36. The molecule has 1 aliphatic rings. The third kappa shape index (κ3) is 5.78. The number of amides is 2. The highest BCUT2D eigenvalue weighted by Gasteiger charge is 2.19. The molecule has 1 fully saturated rings. The number of benzene rings is 3. The number of ether oxygens (including phenoxy) is 1. The Morgan fingerprint density at radius 2 is 1.59 bits per heavy atom. The molecule has 0 saturated carbocycles. The van der Waals surface area contributed by atoms with Gasteiger partial charge in [0.2, 0.25) is 0 Å². The van der Waals surface area contributed by atoms with Crippen LogP contribution in [0, 0.1) is 0 Å². The third-order valence-corrected chi connectivity index (χ3v) is 6.45. The van der Waals surface area contributed by atoms with Crippen molar-refractivity contribution in [2.24, 2.45) is 0 Å². The maximum absolute atomic E-state index is 13.1. The van der Waals surface area contributed by atoms with Gasteiger partial charge in [-0.05, 0) is 42.7 Å². The summed E-state index contributed by atoms with van der Waals surface area (Å²) in [5.41, 5.74) is 2.71. The van der Waals surface area contributed by atoms with Gasteiger partial charge in [-0.1, -0.05) is 54.6 Å². The van der Waals surface area contributed by atoms with Crippen LogP contribution in [-0.2, 0) is 10.5 Å². The summed E-state index contributed by atoms with van der Waals surface area (Å²) in [6, 6.07) is 24.7. The highest BCUT2D eigenvalue weighted by Crippen LogP contribution is 2.27. The van der Waals surface area contributed by atoms with E-state index in [4.69, 9.17) is 4.74 Å². The van der Waals surface area contributed by atoms with Crippen molar-refractivity contribution < 1.29 is 14.3 Å². The van der Waals surface area contributed by atoms with Gasteiger partial charge in [0.15, 0.2) is 0 Å². The minimum Gasteiger partial charge on any atom is -0.376 e. The molecule has 164 valence electrons. The number of thioether (sulfide) groups is 1. The summed E-state index contributed by atoms with van der Waals surface area (Å²) in [7, 11) is 0. The van der Waals surface area contributed by atoms with E-state index in [1.165, 1.54) is 5.56 Å². The zero-order chi connectivity index (χ0) is 22.2. The van der Waals surface area contributed by atoms with E-state index >= 15 is 0 Å². The lowest BCUT2D eigenvalue weighted by atomic mass is 10.1. The highest BCUT2D eigenvalue weighted by molar-refractivity contribution is 7.98. The lowest BCUT2D eigenvalue weighted by Gasteiger charge is -2.14. The van der Waals surface area contributed by atoms with Gasteiger partial charge in [0, 0.05) is 23.8 Å². The van der Waals surface area contributed by atoms with E-state index in [1.807, 2.05) is 48.5 Å². The van der Waals surface area contributed by atoms with Gasteiger partial charge in [-0.15, -0.1) is 11.8 Å². The standard InChI is InChI=1S/C26H26N2O3S/c29-25(27-17-20-11-8-16-31-20)21-12-4-6-14-23(21)28-26(30)22-13-5-7-15-24(22)32-18-19-9-2-1-3-10-19/h1-7,9-10,12-15,20H,8,11,16-18H2,(H,27,29)(H,28,30). The second-order valence-electron chi connectivity index (χ2n) is 7.62. The first kappa shape index (κ1) is 22.1. The predicted octanol–water partition coefficient (Wildman–Crippen LogP) is 5.14. The smallest absolute Gasteiger partial charge is 0.256 e. The van der Waals surface area contributed by atoms with Crippen LogP contribution >= 0.6 is 11.8 Å². The van der Waals surface area contributed by atoms with Gasteiger partial charge in [-0.3, -0.25) is 9.59 Å². The normalized spacial score (nSPS) is 15.3. The third-order valence-electron chi connectivity index (χ3n) is 5.30. The zero-order valence-electron chi connectivity index (χ0n) is 17.8. The number of hydrogen-bond donors (Lipinski definition) is 2. The number of nitrogens with one attached hydrogen (secondary N) is 2. The fourth-order valence-electron chi connectivity index (χ4n) is 3.60. The molecule has 0 aromatic heterocycles. The van der Waals surface area contributed by atoms with Crippen molar-refractivity contribution in [2.75, 3.05) is 18.5 Å². The quantitative estimate of drug-likeness (QED) is 0.470. The molecule has 1 aliphatic heterocycles. The zero-order valence-corrected chi connectivity index (χ0v) is 18.6. The van der Waals surface area contributed by atoms with E-state index in [2.05, 4.69) is 22.8 Å². The van der Waals surface area contributed by atoms with Gasteiger partial charge in [-0.25, -0.2) is 0 Å². The van der Waals surface area contributed by atoms with Gasteiger partial charge >= 0.3 is 0 Å². The molecule has 32 heavy (non-hydrogen) atoms. The van der Waals surface area contributed by atoms with E-state index in [0.29, 0.717) is 23.4 Å². The molecular weight excluding hydrogens is 420 g/mol. The van der Waals surface area contributed by atoms with Crippen LogP contribution in [0.4, 0.5) is 5.69 Å². The van der Waals surface area contributed by atoms with Gasteiger partial charge in [0.1, 0.15) is 0 Å². The molecule has 4 rings (SSSR count). The fourth-order valence-corrected chi connectivity index (χ4v) is 4.61. The second kappa shape index (κ2) is 11.0. The number of rotatable bonds is 8. The number of hydrogen-bond acceptors (Lipinski definition) is 4. The SMILES string of the molecule is O=C(NCC1CCCO1)c1ccccc1NC(=O)c1ccccc1SCc1ccccc1. The van der Waals surface area contributed by atoms with Crippen LogP contribution in [0.15, 0.2) is 83.8 Å². The minimum atomic E-state index is -0.236. The Balaban J connectivity index is 1.44. The van der Waals surface area contributed by atoms with Crippen LogP contribution < -0.4 is 10.6 Å². The van der Waals surface area contributed by atoms with Crippen molar-refractivity contribution >= 4 is 29.3 Å². The number of carbonyl (C=O) groups is 2. The number of anilines is 1. The molecule has 1 saturated heterocycles. The topological polar surface area (TPSA) is 67.4 Å². The molecule has 0 aliphatic carbocycles. The lowest BCUT2D eigenvalue weighted by molar-refractivity contribution is 0.0858. The minimum absolute atomic E-state index is 0.0641. The first-order valence-corrected chi connectivity index (χ1v) is 11.8. The first-order chi connectivity index (χ1) is 15.7. The number of carbonyl (C=O) groups excluding carboxylic acids is 2. The molecular formula is C26H26N2O3S. The van der Waals surface area contributed by atoms with Gasteiger partial charge in [-0.2, -0.15) is 0 Å². The maximum atomic E-state index is 13.1. The van der Waals surface area contributed by atoms with E-state index in [-0.39, 0.29) is 17.9 Å². The Labute approximate surface area is 192 Å². The molecule has 0 bridgehead atoms. The van der Waals surface area contributed by atoms with Crippen LogP contribution in [0.2, 0.25) is 0 Å². The molecule has 3 aromatic carbocycles. The van der Waals surface area contributed by atoms with Crippen molar-refractivity contribution in [3.63, 3.8) is 0 Å². The lowest BCUT2D eigenvalue weighted by Crippen LogP contribution is -2.32. The largest absolute Gasteiger partial charge is 0.376 e. The van der Waals surface area contributed by atoms with Crippen molar-refractivity contribution in [1.82, 2.24) is 5.32 Å². The highest BCUT2D eigenvalue weighted by atomic mass is 32.2. The van der Waals surface area contributed by atoms with Gasteiger partial charge in [0.05, 0.1) is 22.9 Å². The van der Waals surface area contributed by atoms with Gasteiger partial charge < -0.3 is 15.4 Å². The van der Waals surface area contributed by atoms with Crippen LogP contribution in [0.1, 0.15) is 39.1 Å². The molecule has 0 radical (unpaired) electrons. The van der Waals surface area contributed by atoms with E-state index in [1.54, 1.807) is 30.0 Å². The molecule has 1 heterocycles. The fraction of sp³-hybridized carbons (Fsp3) is 0.231. The molecule has 2 N–H and O–H groups in total. The van der Waals surface area contributed by atoms with Crippen LogP contribution in [0.3, 0.4) is 0 Å². The van der Waals surface area contributed by atoms with E-state index in [0.717, 1.165) is 30.1 Å². The Morgan fingerprint density at radius 3 is 2.38 bits per heavy atom. The molecule has 1 unspecified atom stereocenters. The molecule has 0 spiro atoms. The van der Waals surface area contributed by atoms with Crippen molar-refractivity contribution in [3.05, 3.63) is 95.6 Å². The summed E-state index contributed by atoms with van der Waals surface area (Å²) in [4.78, 5) is 26.8. The number of para-hydroxylation sites is 1. The molecule has 5 nitrogen and oxygen atoms in total. The van der Waals surface area contributed by atoms with Crippen molar-refractivity contribution in [1.29, 1.82) is 0 Å². The Kier molecular flexibility index (Phi) is 7.59. The summed E-state index contributed by atoms with van der Waals surface area (Å²) in [5, 5.41) is 5.85. The Hall–Kier alpha value is -3.09. The monoisotopic (exact) mass is 446 g/mol. The maximum Gasteiger partial charge on any atom is 0.256 e. The van der Waals surface area contributed by atoms with E-state index in [9.17, 15) is 9.59 Å². The summed E-state index contributed by atoms with van der Waals surface area (Å²) in [6.07, 6.45) is 2.04. The van der Waals surface area contributed by atoms with Gasteiger partial charge in [0.25, 0.3) is 11.8 Å². The summed E-state index contributed by atoms with van der Waals surface area (Å²) >= 11 is 1.62. The Morgan fingerprint density at radius 1 is 0.875 bits per heavy atom. The van der Waals surface area contributed by atoms with Crippen LogP contribution in [0.5, 0.6) is 0 Å². The van der Waals surface area contributed by atoms with Crippen LogP contribution in [-0.4, -0.2) is 31.1 Å². The molecule has 1 atom stereocenters. The average molecular weight is 447 g/mol. The summed E-state index contributed by atoms with van der Waals surface area (Å²) in [5.74, 6) is 0.316. The first-order valence-electron chi connectivity index (χ1n) is 10.8. The summed E-state index contributed by atoms with van der Waals surface area (Å²) < 4.78 is 5.57.